The van der Waals surface area contributed by atoms with Gasteiger partial charge in [0.1, 0.15) is 36.1 Å². The molecule has 0 fully saturated rings. The summed E-state index contributed by atoms with van der Waals surface area (Å²) in [4.78, 5) is 14.2. The lowest BCUT2D eigenvalue weighted by Gasteiger charge is -2.52. The summed E-state index contributed by atoms with van der Waals surface area (Å²) >= 11 is 0. The number of aromatic nitrogens is 2. The first-order chi connectivity index (χ1) is 34.7. The van der Waals surface area contributed by atoms with E-state index >= 15 is 0 Å². The van der Waals surface area contributed by atoms with E-state index in [0.717, 1.165) is 41.8 Å². The third kappa shape index (κ3) is 14.6. The summed E-state index contributed by atoms with van der Waals surface area (Å²) in [6.07, 6.45) is 4.28. The van der Waals surface area contributed by atoms with Gasteiger partial charge in [0.05, 0.1) is 23.1 Å². The summed E-state index contributed by atoms with van der Waals surface area (Å²) in [6, 6.07) is 31.2. The second kappa shape index (κ2) is 21.7. The monoisotopic (exact) mass is 1030 g/mol. The Bertz CT molecular complexity index is 2850. The van der Waals surface area contributed by atoms with Gasteiger partial charge < -0.3 is 28.1 Å². The molecule has 0 bridgehead atoms. The summed E-state index contributed by atoms with van der Waals surface area (Å²) in [7, 11) is 6.48. The molecule has 76 heavy (non-hydrogen) atoms. The maximum atomic E-state index is 14.2. The predicted octanol–water partition coefficient (Wildman–Crippen LogP) is 17.1. The summed E-state index contributed by atoms with van der Waals surface area (Å²) in [5.41, 5.74) is 8.67. The fraction of sp³-hybridized carbons (Fsp3) is 0.574. The number of esters is 1. The standard InChI is InChI=1S/C68H99BN2O5/c1-24-46-34-44(3)26-32-52(46)57-36-48-28-30-50(38-55(48)70(57)22)73-65(15,16)41-63(11,12)60(76-68(21,69)43-67(19,20)75-59(72)54(62(8,9)10)40-61(5,6)7)64(13,14)42-66(17,18)74-51-31-29-49-37-58(71(23)56(49)39-51)53-33-27-45(4)35-47(53)25-2/h26-39,54,60H,24-25,40-43,69H2,1-23H3. The van der Waals surface area contributed by atoms with Crippen molar-refractivity contribution in [1.29, 1.82) is 0 Å². The Balaban J connectivity index is 1.31. The van der Waals surface area contributed by atoms with E-state index < -0.39 is 33.1 Å². The second-order valence-electron chi connectivity index (χ2n) is 29.0. The van der Waals surface area contributed by atoms with E-state index in [0.29, 0.717) is 19.3 Å². The SMILES string of the molecule is BC(C)(CC(C)(C)OC(=O)C(CC(C)(C)C)C(C)(C)C)OC(C(C)(C)CC(C)(C)Oc1ccc2cc(-c3ccc(C)cc3CC)n(C)c2c1)C(C)(C)CC(C)(C)Oc1ccc2cc(-c3ccc(C)cc3CC)n(C)c2c1. The third-order valence-corrected chi connectivity index (χ3v) is 15.7. The highest BCUT2D eigenvalue weighted by Gasteiger charge is 2.50. The number of carbonyl (C=O) groups is 1. The van der Waals surface area contributed by atoms with Crippen molar-refractivity contribution in [2.45, 2.75) is 212 Å². The maximum absolute atomic E-state index is 14.2. The van der Waals surface area contributed by atoms with E-state index in [1.165, 1.54) is 55.5 Å². The van der Waals surface area contributed by atoms with Gasteiger partial charge in [-0.1, -0.05) is 131 Å². The first kappa shape index (κ1) is 60.3. The van der Waals surface area contributed by atoms with Gasteiger partial charge >= 0.3 is 5.97 Å². The number of hydrogen-bond donors (Lipinski definition) is 0. The molecule has 0 spiro atoms. The van der Waals surface area contributed by atoms with Gasteiger partial charge in [-0.05, 0) is 164 Å². The zero-order chi connectivity index (χ0) is 56.9. The number of benzene rings is 4. The molecular formula is C68H99BN2O5. The Morgan fingerprint density at radius 1 is 0.539 bits per heavy atom. The quantitative estimate of drug-likeness (QED) is 0.0531. The predicted molar refractivity (Wildman–Crippen MR) is 325 cm³/mol. The molecule has 0 amide bonds. The Hall–Kier alpha value is -4.95. The van der Waals surface area contributed by atoms with E-state index in [1.807, 2.05) is 13.8 Å². The highest BCUT2D eigenvalue weighted by molar-refractivity contribution is 6.14. The van der Waals surface area contributed by atoms with Crippen LogP contribution in [0, 0.1) is 41.4 Å². The van der Waals surface area contributed by atoms with Crippen molar-refractivity contribution in [3.63, 3.8) is 0 Å². The van der Waals surface area contributed by atoms with E-state index in [4.69, 9.17) is 18.9 Å². The molecule has 414 valence electrons. The summed E-state index contributed by atoms with van der Waals surface area (Å²) < 4.78 is 33.0. The van der Waals surface area contributed by atoms with Gasteiger partial charge in [-0.15, -0.1) is 0 Å². The Morgan fingerprint density at radius 2 is 0.947 bits per heavy atom. The van der Waals surface area contributed by atoms with E-state index in [2.05, 4.69) is 248 Å². The molecule has 0 aliphatic carbocycles. The van der Waals surface area contributed by atoms with Crippen molar-refractivity contribution < 1.29 is 23.7 Å². The van der Waals surface area contributed by atoms with Crippen molar-refractivity contribution >= 4 is 35.6 Å². The molecule has 0 radical (unpaired) electrons. The zero-order valence-electron chi connectivity index (χ0n) is 51.9. The number of hydrogen-bond acceptors (Lipinski definition) is 5. The van der Waals surface area contributed by atoms with Gasteiger partial charge in [0.25, 0.3) is 0 Å². The van der Waals surface area contributed by atoms with Gasteiger partial charge in [0.15, 0.2) is 0 Å². The van der Waals surface area contributed by atoms with Crippen LogP contribution >= 0.6 is 0 Å². The molecule has 0 aliphatic heterocycles. The van der Waals surface area contributed by atoms with Crippen molar-refractivity contribution in [3.05, 3.63) is 107 Å². The average Bonchev–Trinajstić information content (AvgIpc) is 3.76. The van der Waals surface area contributed by atoms with Gasteiger partial charge in [-0.25, -0.2) is 0 Å². The van der Waals surface area contributed by atoms with Crippen LogP contribution in [0.25, 0.3) is 44.3 Å². The largest absolute Gasteiger partial charge is 0.488 e. The van der Waals surface area contributed by atoms with Crippen LogP contribution in [0.3, 0.4) is 0 Å². The number of carbonyl (C=O) groups excluding carboxylic acids is 1. The molecule has 2 heterocycles. The Kier molecular flexibility index (Phi) is 17.2. The molecule has 6 aromatic rings. The fourth-order valence-electron chi connectivity index (χ4n) is 13.4. The first-order valence-corrected chi connectivity index (χ1v) is 28.4. The van der Waals surface area contributed by atoms with Crippen LogP contribution in [0.4, 0.5) is 0 Å². The summed E-state index contributed by atoms with van der Waals surface area (Å²) in [5.74, 6) is 1.28. The molecule has 0 N–H and O–H groups in total. The van der Waals surface area contributed by atoms with Crippen LogP contribution in [0.15, 0.2) is 84.9 Å². The Labute approximate surface area is 461 Å². The lowest BCUT2D eigenvalue weighted by atomic mass is 9.63. The van der Waals surface area contributed by atoms with Crippen molar-refractivity contribution in [2.75, 3.05) is 0 Å². The normalized spacial score (nSPS) is 14.6. The van der Waals surface area contributed by atoms with Gasteiger partial charge in [-0.3, -0.25) is 4.79 Å². The molecule has 2 atom stereocenters. The van der Waals surface area contributed by atoms with Crippen LogP contribution in [-0.2, 0) is 41.2 Å². The molecule has 4 aromatic carbocycles. The van der Waals surface area contributed by atoms with Gasteiger partial charge in [0, 0.05) is 71.4 Å². The molecule has 7 nitrogen and oxygen atoms in total. The minimum absolute atomic E-state index is 0.0287. The molecular weight excluding hydrogens is 936 g/mol. The lowest BCUT2D eigenvalue weighted by molar-refractivity contribution is -0.189. The highest BCUT2D eigenvalue weighted by atomic mass is 16.6. The topological polar surface area (TPSA) is 63.9 Å². The van der Waals surface area contributed by atoms with Crippen LogP contribution < -0.4 is 9.47 Å². The van der Waals surface area contributed by atoms with Crippen LogP contribution in [0.2, 0.25) is 0 Å². The molecule has 0 saturated heterocycles. The molecule has 0 saturated carbocycles. The van der Waals surface area contributed by atoms with Crippen molar-refractivity contribution in [1.82, 2.24) is 9.13 Å². The minimum atomic E-state index is -0.800. The minimum Gasteiger partial charge on any atom is -0.488 e. The third-order valence-electron chi connectivity index (χ3n) is 15.7. The maximum Gasteiger partial charge on any atom is 0.310 e. The lowest BCUT2D eigenvalue weighted by Crippen LogP contribution is -2.55. The van der Waals surface area contributed by atoms with Gasteiger partial charge in [-0.2, -0.15) is 0 Å². The van der Waals surface area contributed by atoms with Crippen LogP contribution in [0.1, 0.15) is 179 Å². The molecule has 0 aliphatic rings. The average molecular weight is 1040 g/mol. The summed E-state index contributed by atoms with van der Waals surface area (Å²) in [5, 5.41) is 2.37. The van der Waals surface area contributed by atoms with E-state index in [9.17, 15) is 4.79 Å². The molecule has 8 heteroatoms. The molecule has 6 rings (SSSR count). The zero-order valence-corrected chi connectivity index (χ0v) is 51.9. The fourth-order valence-corrected chi connectivity index (χ4v) is 13.4. The smallest absolute Gasteiger partial charge is 0.310 e. The Morgan fingerprint density at radius 3 is 1.32 bits per heavy atom. The molecule has 2 unspecified atom stereocenters. The van der Waals surface area contributed by atoms with Gasteiger partial charge in [0.2, 0.25) is 0 Å². The highest BCUT2D eigenvalue weighted by Crippen LogP contribution is 2.49. The first-order valence-electron chi connectivity index (χ1n) is 28.4. The number of aryl methyl sites for hydroxylation is 6. The van der Waals surface area contributed by atoms with Crippen LogP contribution in [-0.4, -0.2) is 51.4 Å². The van der Waals surface area contributed by atoms with Crippen molar-refractivity contribution in [2.24, 2.45) is 41.7 Å². The number of nitrogens with zero attached hydrogens (tertiary/aromatic N) is 2. The summed E-state index contributed by atoms with van der Waals surface area (Å²) in [6.45, 7) is 46.2. The number of ether oxygens (including phenoxy) is 4. The number of rotatable bonds is 21. The van der Waals surface area contributed by atoms with E-state index in [1.54, 1.807) is 0 Å². The van der Waals surface area contributed by atoms with Crippen LogP contribution in [0.5, 0.6) is 11.5 Å². The van der Waals surface area contributed by atoms with Crippen molar-refractivity contribution in [3.8, 4) is 34.0 Å². The number of fused-ring (bicyclic) bond motifs is 2. The van der Waals surface area contributed by atoms with E-state index in [-0.39, 0.29) is 28.8 Å². The second-order valence-corrected chi connectivity index (χ2v) is 29.0. The molecule has 2 aromatic heterocycles.